The van der Waals surface area contributed by atoms with Crippen LogP contribution in [0.25, 0.3) is 17.0 Å². The number of thioether (sulfide) groups is 1. The predicted molar refractivity (Wildman–Crippen MR) is 130 cm³/mol. The number of aliphatic imine (C=N–C) groups is 1. The Morgan fingerprint density at radius 1 is 1.25 bits per heavy atom. The first-order valence-corrected chi connectivity index (χ1v) is 11.4. The zero-order valence-electron chi connectivity index (χ0n) is 17.9. The molecule has 1 aliphatic heterocycles. The molecular weight excluding hydrogens is 446 g/mol. The molecule has 8 heteroatoms. The van der Waals surface area contributed by atoms with Gasteiger partial charge in [0.05, 0.1) is 17.2 Å². The van der Waals surface area contributed by atoms with Gasteiger partial charge in [-0.25, -0.2) is 4.99 Å². The Hall–Kier alpha value is -3.03. The molecule has 6 nitrogen and oxygen atoms in total. The number of rotatable bonds is 5. The van der Waals surface area contributed by atoms with E-state index in [4.69, 9.17) is 16.3 Å². The van der Waals surface area contributed by atoms with Gasteiger partial charge in [0.2, 0.25) is 0 Å². The van der Waals surface area contributed by atoms with Crippen LogP contribution >= 0.6 is 23.4 Å². The monoisotopic (exact) mass is 467 g/mol. The van der Waals surface area contributed by atoms with Crippen molar-refractivity contribution in [2.45, 2.75) is 27.3 Å². The second-order valence-corrected chi connectivity index (χ2v) is 8.76. The molecule has 0 aliphatic carbocycles. The van der Waals surface area contributed by atoms with Gasteiger partial charge in [0.15, 0.2) is 5.17 Å². The smallest absolute Gasteiger partial charge is 0.325 e. The van der Waals surface area contributed by atoms with Crippen LogP contribution in [0, 0.1) is 13.8 Å². The van der Waals surface area contributed by atoms with Crippen molar-refractivity contribution in [2.24, 2.45) is 4.99 Å². The summed E-state index contributed by atoms with van der Waals surface area (Å²) in [5.41, 5.74) is 4.33. The third-order valence-electron chi connectivity index (χ3n) is 5.18. The topological polar surface area (TPSA) is 72.7 Å². The molecule has 1 aromatic heterocycles. The molecule has 1 amide bonds. The Balaban J connectivity index is 1.69. The maximum Gasteiger partial charge on any atom is 0.325 e. The maximum atomic E-state index is 12.6. The van der Waals surface area contributed by atoms with E-state index in [-0.39, 0.29) is 18.4 Å². The molecule has 0 radical (unpaired) electrons. The van der Waals surface area contributed by atoms with Gasteiger partial charge >= 0.3 is 5.97 Å². The second-order valence-electron chi connectivity index (χ2n) is 7.32. The van der Waals surface area contributed by atoms with Crippen molar-refractivity contribution in [3.8, 4) is 0 Å². The standard InChI is InChI=1S/C24H22ClN3O3S/c1-4-31-22(29)13-28-15(3)18(17-7-5-6-8-20(17)28)12-21-23(30)27-24(32-21)26-16-10-9-14(2)19(25)11-16/h5-12H,4,13H2,1-3H3,(H,26,27,30)/b21-12-. The minimum Gasteiger partial charge on any atom is -0.465 e. The first-order chi connectivity index (χ1) is 15.4. The summed E-state index contributed by atoms with van der Waals surface area (Å²) in [6.45, 7) is 6.09. The number of amides is 1. The molecule has 2 heterocycles. The number of hydrogen-bond donors (Lipinski definition) is 1. The molecular formula is C24H22ClN3O3S. The molecule has 1 N–H and O–H groups in total. The van der Waals surface area contributed by atoms with Gasteiger partial charge in [-0.1, -0.05) is 35.9 Å². The van der Waals surface area contributed by atoms with E-state index < -0.39 is 0 Å². The van der Waals surface area contributed by atoms with E-state index in [0.29, 0.717) is 27.4 Å². The number of ether oxygens (including phenoxy) is 1. The summed E-state index contributed by atoms with van der Waals surface area (Å²) in [7, 11) is 0. The lowest BCUT2D eigenvalue weighted by atomic mass is 10.1. The molecule has 1 aliphatic rings. The third-order valence-corrected chi connectivity index (χ3v) is 6.50. The van der Waals surface area contributed by atoms with Crippen molar-refractivity contribution in [3.63, 3.8) is 0 Å². The van der Waals surface area contributed by atoms with Crippen molar-refractivity contribution in [1.29, 1.82) is 0 Å². The van der Waals surface area contributed by atoms with Gasteiger partial charge in [-0.05, 0) is 62.4 Å². The Morgan fingerprint density at radius 3 is 2.78 bits per heavy atom. The van der Waals surface area contributed by atoms with Crippen LogP contribution in [0.1, 0.15) is 23.7 Å². The highest BCUT2D eigenvalue weighted by atomic mass is 35.5. The van der Waals surface area contributed by atoms with E-state index in [9.17, 15) is 9.59 Å². The molecule has 0 atom stereocenters. The molecule has 164 valence electrons. The lowest BCUT2D eigenvalue weighted by Gasteiger charge is -2.07. The lowest BCUT2D eigenvalue weighted by Crippen LogP contribution is -2.19. The Morgan fingerprint density at radius 2 is 2.03 bits per heavy atom. The molecule has 32 heavy (non-hydrogen) atoms. The average molecular weight is 468 g/mol. The maximum absolute atomic E-state index is 12.6. The number of carbonyl (C=O) groups excluding carboxylic acids is 2. The fourth-order valence-corrected chi connectivity index (χ4v) is 4.56. The van der Waals surface area contributed by atoms with Gasteiger partial charge in [-0.3, -0.25) is 9.59 Å². The normalized spacial score (nSPS) is 16.2. The van der Waals surface area contributed by atoms with Gasteiger partial charge in [-0.2, -0.15) is 0 Å². The summed E-state index contributed by atoms with van der Waals surface area (Å²) >= 11 is 7.46. The molecule has 0 unspecified atom stereocenters. The van der Waals surface area contributed by atoms with Gasteiger partial charge in [-0.15, -0.1) is 0 Å². The van der Waals surface area contributed by atoms with Crippen LogP contribution in [-0.2, 0) is 20.9 Å². The summed E-state index contributed by atoms with van der Waals surface area (Å²) in [5.74, 6) is -0.511. The first kappa shape index (κ1) is 22.2. The molecule has 0 bridgehead atoms. The number of benzene rings is 2. The molecule has 4 rings (SSSR count). The molecule has 3 aromatic rings. The molecule has 1 saturated heterocycles. The highest BCUT2D eigenvalue weighted by Crippen LogP contribution is 2.33. The lowest BCUT2D eigenvalue weighted by molar-refractivity contribution is -0.143. The fourth-order valence-electron chi connectivity index (χ4n) is 3.56. The number of esters is 1. The van der Waals surface area contributed by atoms with Gasteiger partial charge in [0.25, 0.3) is 5.91 Å². The average Bonchev–Trinajstić information content (AvgIpc) is 3.23. The third kappa shape index (κ3) is 4.45. The number of halogens is 1. The van der Waals surface area contributed by atoms with Crippen molar-refractivity contribution in [3.05, 3.63) is 69.2 Å². The number of aryl methyl sites for hydroxylation is 1. The number of para-hydroxylation sites is 1. The minimum atomic E-state index is -0.297. The van der Waals surface area contributed by atoms with Crippen molar-refractivity contribution in [1.82, 2.24) is 9.88 Å². The summed E-state index contributed by atoms with van der Waals surface area (Å²) in [6.07, 6.45) is 1.85. The van der Waals surface area contributed by atoms with E-state index in [1.807, 2.05) is 60.9 Å². The first-order valence-electron chi connectivity index (χ1n) is 10.2. The second kappa shape index (κ2) is 9.22. The van der Waals surface area contributed by atoms with Crippen LogP contribution in [0.3, 0.4) is 0 Å². The van der Waals surface area contributed by atoms with Gasteiger partial charge < -0.3 is 14.6 Å². The zero-order valence-corrected chi connectivity index (χ0v) is 19.5. The van der Waals surface area contributed by atoms with Crippen molar-refractivity contribution >= 4 is 63.1 Å². The number of nitrogens with one attached hydrogen (secondary N) is 1. The number of amidine groups is 1. The van der Waals surface area contributed by atoms with Crippen molar-refractivity contribution in [2.75, 3.05) is 6.61 Å². The van der Waals surface area contributed by atoms with Crippen molar-refractivity contribution < 1.29 is 14.3 Å². The molecule has 1 fully saturated rings. The summed E-state index contributed by atoms with van der Waals surface area (Å²) in [5, 5.41) is 4.90. The van der Waals surface area contributed by atoms with Crippen LogP contribution in [0.4, 0.5) is 5.69 Å². The van der Waals surface area contributed by atoms with Crippen LogP contribution in [0.2, 0.25) is 5.02 Å². The van der Waals surface area contributed by atoms with E-state index in [0.717, 1.165) is 27.7 Å². The number of hydrogen-bond acceptors (Lipinski definition) is 5. The molecule has 0 saturated carbocycles. The Labute approximate surface area is 195 Å². The van der Waals surface area contributed by atoms with Crippen LogP contribution < -0.4 is 5.32 Å². The highest BCUT2D eigenvalue weighted by molar-refractivity contribution is 8.18. The SMILES string of the molecule is CCOC(=O)Cn1c(C)c(/C=C2\SC(=Nc3ccc(C)c(Cl)c3)NC2=O)c2ccccc21. The number of aromatic nitrogens is 1. The van der Waals surface area contributed by atoms with Crippen LogP contribution in [-0.4, -0.2) is 28.2 Å². The van der Waals surface area contributed by atoms with Crippen LogP contribution in [0.15, 0.2) is 52.4 Å². The highest BCUT2D eigenvalue weighted by Gasteiger charge is 2.25. The number of carbonyl (C=O) groups is 2. The summed E-state index contributed by atoms with van der Waals surface area (Å²) < 4.78 is 7.04. The zero-order chi connectivity index (χ0) is 22.8. The van der Waals surface area contributed by atoms with E-state index in [1.54, 1.807) is 13.0 Å². The van der Waals surface area contributed by atoms with Gasteiger partial charge in [0, 0.05) is 27.2 Å². The van der Waals surface area contributed by atoms with E-state index in [2.05, 4.69) is 10.3 Å². The quantitative estimate of drug-likeness (QED) is 0.404. The molecule has 0 spiro atoms. The fraction of sp³-hybridized carbons (Fsp3) is 0.208. The molecule has 2 aromatic carbocycles. The Bertz CT molecular complexity index is 1290. The number of fused-ring (bicyclic) bond motifs is 1. The summed E-state index contributed by atoms with van der Waals surface area (Å²) in [6, 6.07) is 13.3. The number of nitrogens with zero attached hydrogens (tertiary/aromatic N) is 2. The van der Waals surface area contributed by atoms with E-state index >= 15 is 0 Å². The predicted octanol–water partition coefficient (Wildman–Crippen LogP) is 5.37. The largest absolute Gasteiger partial charge is 0.465 e. The van der Waals surface area contributed by atoms with Crippen LogP contribution in [0.5, 0.6) is 0 Å². The summed E-state index contributed by atoms with van der Waals surface area (Å²) in [4.78, 5) is 29.8. The van der Waals surface area contributed by atoms with Gasteiger partial charge in [0.1, 0.15) is 6.54 Å². The Kier molecular flexibility index (Phi) is 6.39. The van der Waals surface area contributed by atoms with E-state index in [1.165, 1.54) is 11.8 Å². The minimum absolute atomic E-state index is 0.115.